The summed E-state index contributed by atoms with van der Waals surface area (Å²) in [6.07, 6.45) is 9.28. The maximum atomic E-state index is 12.3. The molecule has 0 unspecified atom stereocenters. The van der Waals surface area contributed by atoms with Crippen LogP contribution in [0, 0.1) is 0 Å². The summed E-state index contributed by atoms with van der Waals surface area (Å²) in [6, 6.07) is 7.31. The van der Waals surface area contributed by atoms with Crippen LogP contribution in [0.5, 0.6) is 0 Å². The van der Waals surface area contributed by atoms with Gasteiger partial charge in [-0.2, -0.15) is 0 Å². The van der Waals surface area contributed by atoms with Crippen molar-refractivity contribution >= 4 is 17.5 Å². The number of nitrogens with zero attached hydrogens (tertiary/aromatic N) is 1. The Morgan fingerprint density at radius 2 is 1.65 bits per heavy atom. The van der Waals surface area contributed by atoms with Gasteiger partial charge in [-0.15, -0.1) is 13.2 Å². The summed E-state index contributed by atoms with van der Waals surface area (Å²) in [4.78, 5) is 26.4. The van der Waals surface area contributed by atoms with Gasteiger partial charge in [0.05, 0.1) is 6.54 Å². The molecule has 5 heteroatoms. The Morgan fingerprint density at radius 1 is 1.04 bits per heavy atom. The Morgan fingerprint density at radius 3 is 2.23 bits per heavy atom. The number of rotatable bonds is 9. The van der Waals surface area contributed by atoms with Crippen LogP contribution in [0.15, 0.2) is 49.6 Å². The second kappa shape index (κ2) is 10.6. The number of carbonyl (C=O) groups is 2. The molecule has 0 aliphatic heterocycles. The number of amides is 2. The summed E-state index contributed by atoms with van der Waals surface area (Å²) < 4.78 is 0. The minimum Gasteiger partial charge on any atom is -0.349 e. The Balaban J connectivity index is 1.85. The van der Waals surface area contributed by atoms with Crippen LogP contribution in [0.2, 0.25) is 0 Å². The molecule has 140 valence electrons. The SMILES string of the molecule is C=CCN(CC=C)CC(=O)Nc1ccc(C(=O)NC2CCCCC2)cc1. The van der Waals surface area contributed by atoms with Crippen molar-refractivity contribution < 1.29 is 9.59 Å². The van der Waals surface area contributed by atoms with Gasteiger partial charge in [-0.1, -0.05) is 31.4 Å². The molecule has 0 heterocycles. The summed E-state index contributed by atoms with van der Waals surface area (Å²) in [5.74, 6) is -0.147. The lowest BCUT2D eigenvalue weighted by Crippen LogP contribution is -2.36. The van der Waals surface area contributed by atoms with E-state index in [1.807, 2.05) is 4.90 Å². The summed E-state index contributed by atoms with van der Waals surface area (Å²) in [5.41, 5.74) is 1.30. The third-order valence-electron chi connectivity index (χ3n) is 4.51. The van der Waals surface area contributed by atoms with E-state index in [1.54, 1.807) is 36.4 Å². The van der Waals surface area contributed by atoms with Crippen LogP contribution in [-0.2, 0) is 4.79 Å². The van der Waals surface area contributed by atoms with Crippen molar-refractivity contribution in [1.29, 1.82) is 0 Å². The number of hydrogen-bond donors (Lipinski definition) is 2. The van der Waals surface area contributed by atoms with Gasteiger partial charge in [-0.25, -0.2) is 0 Å². The minimum atomic E-state index is -0.104. The van der Waals surface area contributed by atoms with Crippen molar-refractivity contribution in [1.82, 2.24) is 10.2 Å². The monoisotopic (exact) mass is 355 g/mol. The van der Waals surface area contributed by atoms with Crippen molar-refractivity contribution in [3.8, 4) is 0 Å². The van der Waals surface area contributed by atoms with Crippen LogP contribution in [0.1, 0.15) is 42.5 Å². The van der Waals surface area contributed by atoms with Crippen molar-refractivity contribution in [3.63, 3.8) is 0 Å². The molecule has 0 saturated heterocycles. The lowest BCUT2D eigenvalue weighted by atomic mass is 9.95. The first-order valence-corrected chi connectivity index (χ1v) is 9.27. The van der Waals surface area contributed by atoms with Gasteiger partial charge in [-0.05, 0) is 37.1 Å². The molecule has 0 atom stereocenters. The summed E-state index contributed by atoms with van der Waals surface area (Å²) in [5, 5.41) is 5.95. The molecule has 1 aromatic carbocycles. The topological polar surface area (TPSA) is 61.4 Å². The smallest absolute Gasteiger partial charge is 0.251 e. The van der Waals surface area contributed by atoms with Crippen molar-refractivity contribution in [2.75, 3.05) is 25.0 Å². The van der Waals surface area contributed by atoms with Gasteiger partial charge in [0.25, 0.3) is 5.91 Å². The average molecular weight is 355 g/mol. The zero-order chi connectivity index (χ0) is 18.8. The highest BCUT2D eigenvalue weighted by atomic mass is 16.2. The number of carbonyl (C=O) groups excluding carboxylic acids is 2. The Bertz CT molecular complexity index is 609. The van der Waals surface area contributed by atoms with E-state index >= 15 is 0 Å². The van der Waals surface area contributed by atoms with Crippen molar-refractivity contribution in [3.05, 3.63) is 55.1 Å². The summed E-state index contributed by atoms with van der Waals surface area (Å²) in [6.45, 7) is 8.91. The van der Waals surface area contributed by atoms with E-state index in [-0.39, 0.29) is 24.4 Å². The quantitative estimate of drug-likeness (QED) is 0.668. The number of nitrogens with one attached hydrogen (secondary N) is 2. The number of benzene rings is 1. The van der Waals surface area contributed by atoms with Gasteiger partial charge in [0, 0.05) is 30.4 Å². The van der Waals surface area contributed by atoms with E-state index in [1.165, 1.54) is 19.3 Å². The maximum absolute atomic E-state index is 12.3. The van der Waals surface area contributed by atoms with Gasteiger partial charge in [0.1, 0.15) is 0 Å². The van der Waals surface area contributed by atoms with Gasteiger partial charge >= 0.3 is 0 Å². The van der Waals surface area contributed by atoms with Gasteiger partial charge in [0.2, 0.25) is 5.91 Å². The summed E-state index contributed by atoms with van der Waals surface area (Å²) in [7, 11) is 0. The molecule has 5 nitrogen and oxygen atoms in total. The van der Waals surface area contributed by atoms with E-state index in [4.69, 9.17) is 0 Å². The molecular weight excluding hydrogens is 326 g/mol. The van der Waals surface area contributed by atoms with Crippen molar-refractivity contribution in [2.24, 2.45) is 0 Å². The highest BCUT2D eigenvalue weighted by molar-refractivity contribution is 5.96. The van der Waals surface area contributed by atoms with E-state index < -0.39 is 0 Å². The molecule has 26 heavy (non-hydrogen) atoms. The van der Waals surface area contributed by atoms with E-state index in [0.717, 1.165) is 12.8 Å². The molecule has 0 bridgehead atoms. The molecule has 1 aliphatic rings. The Hall–Kier alpha value is -2.40. The Labute approximate surface area is 156 Å². The first-order chi connectivity index (χ1) is 12.6. The molecule has 0 radical (unpaired) electrons. The number of anilines is 1. The fourth-order valence-electron chi connectivity index (χ4n) is 3.19. The van der Waals surface area contributed by atoms with Crippen LogP contribution in [-0.4, -0.2) is 42.4 Å². The predicted octanol–water partition coefficient (Wildman–Crippen LogP) is 3.36. The molecule has 1 aliphatic carbocycles. The fraction of sp³-hybridized carbons (Fsp3) is 0.429. The average Bonchev–Trinajstić information content (AvgIpc) is 2.63. The molecule has 2 amide bonds. The standard InChI is InChI=1S/C21H29N3O2/c1-3-14-24(15-4-2)16-20(25)22-19-12-10-17(11-13-19)21(26)23-18-8-6-5-7-9-18/h3-4,10-13,18H,1-2,5-9,14-16H2,(H,22,25)(H,23,26). The van der Waals surface area contributed by atoms with Gasteiger partial charge in [0.15, 0.2) is 0 Å². The number of hydrogen-bond acceptors (Lipinski definition) is 3. The predicted molar refractivity (Wildman–Crippen MR) is 106 cm³/mol. The first kappa shape index (κ1) is 19.9. The van der Waals surface area contributed by atoms with Gasteiger partial charge in [-0.3, -0.25) is 14.5 Å². The molecule has 0 aromatic heterocycles. The van der Waals surface area contributed by atoms with Crippen LogP contribution < -0.4 is 10.6 Å². The molecule has 1 aromatic rings. The molecular formula is C21H29N3O2. The Kier molecular flexibility index (Phi) is 8.09. The molecule has 2 N–H and O–H groups in total. The van der Waals surface area contributed by atoms with Crippen LogP contribution >= 0.6 is 0 Å². The highest BCUT2D eigenvalue weighted by Gasteiger charge is 2.16. The van der Waals surface area contributed by atoms with E-state index in [9.17, 15) is 9.59 Å². The highest BCUT2D eigenvalue weighted by Crippen LogP contribution is 2.18. The third kappa shape index (κ3) is 6.48. The van der Waals surface area contributed by atoms with Crippen molar-refractivity contribution in [2.45, 2.75) is 38.1 Å². The van der Waals surface area contributed by atoms with Crippen LogP contribution in [0.4, 0.5) is 5.69 Å². The van der Waals surface area contributed by atoms with E-state index in [0.29, 0.717) is 24.3 Å². The largest absolute Gasteiger partial charge is 0.349 e. The van der Waals surface area contributed by atoms with E-state index in [2.05, 4.69) is 23.8 Å². The molecule has 1 saturated carbocycles. The molecule has 2 rings (SSSR count). The lowest BCUT2D eigenvalue weighted by Gasteiger charge is -2.22. The second-order valence-corrected chi connectivity index (χ2v) is 6.71. The lowest BCUT2D eigenvalue weighted by molar-refractivity contribution is -0.117. The minimum absolute atomic E-state index is 0.0436. The van der Waals surface area contributed by atoms with Crippen LogP contribution in [0.3, 0.4) is 0 Å². The fourth-order valence-corrected chi connectivity index (χ4v) is 3.19. The third-order valence-corrected chi connectivity index (χ3v) is 4.51. The molecule has 1 fully saturated rings. The zero-order valence-corrected chi connectivity index (χ0v) is 15.4. The molecule has 0 spiro atoms. The maximum Gasteiger partial charge on any atom is 0.251 e. The first-order valence-electron chi connectivity index (χ1n) is 9.27. The summed E-state index contributed by atoms with van der Waals surface area (Å²) >= 11 is 0. The second-order valence-electron chi connectivity index (χ2n) is 6.71. The normalized spacial score (nSPS) is 14.7. The zero-order valence-electron chi connectivity index (χ0n) is 15.4. The van der Waals surface area contributed by atoms with Gasteiger partial charge < -0.3 is 10.6 Å². The van der Waals surface area contributed by atoms with Crippen LogP contribution in [0.25, 0.3) is 0 Å².